The summed E-state index contributed by atoms with van der Waals surface area (Å²) < 4.78 is 12.8. The Labute approximate surface area is 133 Å². The SMILES string of the molecule is CCN(CC)CCCNC(=NC)NCCc1ccc(F)cc1. The molecule has 0 aliphatic carbocycles. The lowest BCUT2D eigenvalue weighted by Crippen LogP contribution is -2.39. The molecule has 0 atom stereocenters. The minimum Gasteiger partial charge on any atom is -0.356 e. The second-order valence-corrected chi connectivity index (χ2v) is 5.18. The zero-order valence-electron chi connectivity index (χ0n) is 14.0. The van der Waals surface area contributed by atoms with Gasteiger partial charge >= 0.3 is 0 Å². The van der Waals surface area contributed by atoms with Gasteiger partial charge in [-0.3, -0.25) is 4.99 Å². The van der Waals surface area contributed by atoms with E-state index >= 15 is 0 Å². The van der Waals surface area contributed by atoms with Crippen LogP contribution in [0.4, 0.5) is 4.39 Å². The Morgan fingerprint density at radius 1 is 1.09 bits per heavy atom. The first kappa shape index (κ1) is 18.4. The van der Waals surface area contributed by atoms with E-state index in [1.807, 2.05) is 12.1 Å². The highest BCUT2D eigenvalue weighted by atomic mass is 19.1. The van der Waals surface area contributed by atoms with Crippen LogP contribution in [0.25, 0.3) is 0 Å². The molecule has 0 aliphatic heterocycles. The van der Waals surface area contributed by atoms with E-state index in [0.717, 1.165) is 57.1 Å². The van der Waals surface area contributed by atoms with Crippen molar-refractivity contribution in [1.82, 2.24) is 15.5 Å². The lowest BCUT2D eigenvalue weighted by molar-refractivity contribution is 0.300. The molecule has 4 nitrogen and oxygen atoms in total. The summed E-state index contributed by atoms with van der Waals surface area (Å²) in [7, 11) is 1.78. The quantitative estimate of drug-likeness (QED) is 0.418. The molecule has 0 saturated heterocycles. The largest absolute Gasteiger partial charge is 0.356 e. The summed E-state index contributed by atoms with van der Waals surface area (Å²) in [6, 6.07) is 6.62. The number of benzene rings is 1. The maximum atomic E-state index is 12.8. The minimum absolute atomic E-state index is 0.192. The smallest absolute Gasteiger partial charge is 0.190 e. The third kappa shape index (κ3) is 7.41. The third-order valence-electron chi connectivity index (χ3n) is 3.68. The van der Waals surface area contributed by atoms with E-state index in [1.165, 1.54) is 12.1 Å². The second kappa shape index (κ2) is 11.0. The summed E-state index contributed by atoms with van der Waals surface area (Å²) in [5.41, 5.74) is 1.12. The molecule has 0 bridgehead atoms. The molecule has 5 heteroatoms. The number of nitrogens with one attached hydrogen (secondary N) is 2. The number of hydrogen-bond donors (Lipinski definition) is 2. The minimum atomic E-state index is -0.192. The average Bonchev–Trinajstić information content (AvgIpc) is 2.55. The first-order valence-corrected chi connectivity index (χ1v) is 8.10. The number of rotatable bonds is 9. The molecular formula is C17H29FN4. The summed E-state index contributed by atoms with van der Waals surface area (Å²) in [5.74, 6) is 0.629. The molecule has 2 N–H and O–H groups in total. The van der Waals surface area contributed by atoms with Gasteiger partial charge in [0.15, 0.2) is 5.96 Å². The standard InChI is InChI=1S/C17H29FN4/c1-4-22(5-2)14-6-12-20-17(19-3)21-13-11-15-7-9-16(18)10-8-15/h7-10H,4-6,11-14H2,1-3H3,(H2,19,20,21). The van der Waals surface area contributed by atoms with Gasteiger partial charge in [0.2, 0.25) is 0 Å². The van der Waals surface area contributed by atoms with E-state index in [1.54, 1.807) is 7.05 Å². The monoisotopic (exact) mass is 308 g/mol. The average molecular weight is 308 g/mol. The normalized spacial score (nSPS) is 11.8. The molecule has 0 heterocycles. The first-order chi connectivity index (χ1) is 10.7. The van der Waals surface area contributed by atoms with Crippen LogP contribution in [0.2, 0.25) is 0 Å². The van der Waals surface area contributed by atoms with Gasteiger partial charge in [0.05, 0.1) is 0 Å². The second-order valence-electron chi connectivity index (χ2n) is 5.18. The highest BCUT2D eigenvalue weighted by Crippen LogP contribution is 2.02. The third-order valence-corrected chi connectivity index (χ3v) is 3.68. The van der Waals surface area contributed by atoms with Crippen molar-refractivity contribution < 1.29 is 4.39 Å². The van der Waals surface area contributed by atoms with Crippen LogP contribution in [0.15, 0.2) is 29.3 Å². The van der Waals surface area contributed by atoms with Crippen molar-refractivity contribution in [2.24, 2.45) is 4.99 Å². The van der Waals surface area contributed by atoms with E-state index in [9.17, 15) is 4.39 Å². The zero-order chi connectivity index (χ0) is 16.2. The molecular weight excluding hydrogens is 279 g/mol. The van der Waals surface area contributed by atoms with Crippen molar-refractivity contribution in [3.63, 3.8) is 0 Å². The Balaban J connectivity index is 2.18. The Kier molecular flexibility index (Phi) is 9.23. The maximum Gasteiger partial charge on any atom is 0.190 e. The Hall–Kier alpha value is -1.62. The van der Waals surface area contributed by atoms with Gasteiger partial charge in [-0.25, -0.2) is 4.39 Å². The van der Waals surface area contributed by atoms with Crippen LogP contribution in [0, 0.1) is 5.82 Å². The van der Waals surface area contributed by atoms with Crippen molar-refractivity contribution in [3.05, 3.63) is 35.6 Å². The topological polar surface area (TPSA) is 39.7 Å². The summed E-state index contributed by atoms with van der Waals surface area (Å²) >= 11 is 0. The van der Waals surface area contributed by atoms with Gasteiger partial charge in [0, 0.05) is 20.1 Å². The fourth-order valence-corrected chi connectivity index (χ4v) is 2.25. The summed E-state index contributed by atoms with van der Waals surface area (Å²) in [6.07, 6.45) is 1.95. The Morgan fingerprint density at radius 3 is 2.32 bits per heavy atom. The summed E-state index contributed by atoms with van der Waals surface area (Å²) in [4.78, 5) is 6.62. The molecule has 0 fully saturated rings. The van der Waals surface area contributed by atoms with Gasteiger partial charge in [-0.2, -0.15) is 0 Å². The molecule has 0 radical (unpaired) electrons. The van der Waals surface area contributed by atoms with Crippen molar-refractivity contribution in [2.45, 2.75) is 26.7 Å². The van der Waals surface area contributed by atoms with E-state index in [2.05, 4.69) is 34.4 Å². The van der Waals surface area contributed by atoms with Crippen LogP contribution in [0.3, 0.4) is 0 Å². The number of halogens is 1. The molecule has 0 amide bonds. The number of nitrogens with zero attached hydrogens (tertiary/aromatic N) is 2. The number of hydrogen-bond acceptors (Lipinski definition) is 2. The Morgan fingerprint density at radius 2 is 1.73 bits per heavy atom. The van der Waals surface area contributed by atoms with Crippen molar-refractivity contribution in [1.29, 1.82) is 0 Å². The van der Waals surface area contributed by atoms with Gasteiger partial charge < -0.3 is 15.5 Å². The molecule has 22 heavy (non-hydrogen) atoms. The van der Waals surface area contributed by atoms with E-state index in [-0.39, 0.29) is 5.82 Å². The predicted molar refractivity (Wildman–Crippen MR) is 91.9 cm³/mol. The van der Waals surface area contributed by atoms with Crippen LogP contribution in [0.5, 0.6) is 0 Å². The van der Waals surface area contributed by atoms with Crippen LogP contribution in [-0.2, 0) is 6.42 Å². The summed E-state index contributed by atoms with van der Waals surface area (Å²) in [5, 5.41) is 6.60. The van der Waals surface area contributed by atoms with E-state index < -0.39 is 0 Å². The molecule has 0 aliphatic rings. The summed E-state index contributed by atoms with van der Waals surface area (Å²) in [6.45, 7) is 9.36. The fourth-order valence-electron chi connectivity index (χ4n) is 2.25. The van der Waals surface area contributed by atoms with Crippen LogP contribution in [-0.4, -0.2) is 50.6 Å². The van der Waals surface area contributed by atoms with E-state index in [4.69, 9.17) is 0 Å². The van der Waals surface area contributed by atoms with Gasteiger partial charge in [-0.05, 0) is 50.2 Å². The predicted octanol–water partition coefficient (Wildman–Crippen LogP) is 2.27. The van der Waals surface area contributed by atoms with Crippen LogP contribution < -0.4 is 10.6 Å². The number of aliphatic imine (C=N–C) groups is 1. The van der Waals surface area contributed by atoms with Crippen molar-refractivity contribution >= 4 is 5.96 Å². The molecule has 1 aromatic rings. The lowest BCUT2D eigenvalue weighted by Gasteiger charge is -2.18. The zero-order valence-corrected chi connectivity index (χ0v) is 14.0. The number of guanidine groups is 1. The molecule has 0 saturated carbocycles. The molecule has 0 spiro atoms. The van der Waals surface area contributed by atoms with Crippen LogP contribution >= 0.6 is 0 Å². The lowest BCUT2D eigenvalue weighted by atomic mass is 10.1. The first-order valence-electron chi connectivity index (χ1n) is 8.10. The molecule has 1 rings (SSSR count). The maximum absolute atomic E-state index is 12.8. The molecule has 124 valence electrons. The fraction of sp³-hybridized carbons (Fsp3) is 0.588. The molecule has 1 aromatic carbocycles. The van der Waals surface area contributed by atoms with Gasteiger partial charge in [-0.15, -0.1) is 0 Å². The Bertz CT molecular complexity index is 427. The van der Waals surface area contributed by atoms with Gasteiger partial charge in [-0.1, -0.05) is 26.0 Å². The molecule has 0 unspecified atom stereocenters. The van der Waals surface area contributed by atoms with E-state index in [0.29, 0.717) is 0 Å². The van der Waals surface area contributed by atoms with Crippen molar-refractivity contribution in [3.8, 4) is 0 Å². The van der Waals surface area contributed by atoms with Gasteiger partial charge in [0.25, 0.3) is 0 Å². The highest BCUT2D eigenvalue weighted by Gasteiger charge is 2.00. The van der Waals surface area contributed by atoms with Gasteiger partial charge in [0.1, 0.15) is 5.82 Å². The highest BCUT2D eigenvalue weighted by molar-refractivity contribution is 5.79. The molecule has 0 aromatic heterocycles. The van der Waals surface area contributed by atoms with Crippen molar-refractivity contribution in [2.75, 3.05) is 39.8 Å². The van der Waals surface area contributed by atoms with Crippen LogP contribution in [0.1, 0.15) is 25.8 Å².